The Bertz CT molecular complexity index is 5650. The summed E-state index contributed by atoms with van der Waals surface area (Å²) < 4.78 is 5.11. The number of anilines is 6. The van der Waals surface area contributed by atoms with Crippen molar-refractivity contribution in [2.45, 2.75) is 57.8 Å². The van der Waals surface area contributed by atoms with E-state index in [-0.39, 0.29) is 10.8 Å². The van der Waals surface area contributed by atoms with Crippen molar-refractivity contribution < 1.29 is 0 Å². The minimum atomic E-state index is -0.744. The lowest BCUT2D eigenvalue weighted by molar-refractivity contribution is 0.590. The fraction of sp³-hybridized carbons (Fsp3) is 0.101. The highest BCUT2D eigenvalue weighted by Crippen LogP contribution is 2.69. The summed E-state index contributed by atoms with van der Waals surface area (Å²) in [5.74, 6) is 0. The molecule has 93 heavy (non-hydrogen) atoms. The summed E-state index contributed by atoms with van der Waals surface area (Å²) in [6.07, 6.45) is 0. The van der Waals surface area contributed by atoms with E-state index in [1.807, 2.05) is 22.7 Å². The molecule has 0 aliphatic heterocycles. The molecule has 0 fully saturated rings. The molecule has 2 aliphatic rings. The molecule has 2 aliphatic carbocycles. The van der Waals surface area contributed by atoms with Crippen molar-refractivity contribution in [1.29, 1.82) is 0 Å². The molecule has 0 saturated heterocycles. The van der Waals surface area contributed by atoms with Crippen molar-refractivity contribution in [2.24, 2.45) is 0 Å². The molecule has 2 heterocycles. The Balaban J connectivity index is 0.947. The second kappa shape index (κ2) is 20.8. The lowest BCUT2D eigenvalue weighted by Gasteiger charge is -2.34. The van der Waals surface area contributed by atoms with E-state index in [0.29, 0.717) is 0 Å². The summed E-state index contributed by atoms with van der Waals surface area (Å²) in [6.45, 7) is 13.9. The average Bonchev–Trinajstić information content (AvgIpc) is 1.49. The highest BCUT2D eigenvalue weighted by molar-refractivity contribution is 7.27. The van der Waals surface area contributed by atoms with Gasteiger partial charge >= 0.3 is 0 Å². The van der Waals surface area contributed by atoms with E-state index in [4.69, 9.17) is 0 Å². The predicted octanol–water partition coefficient (Wildman–Crippen LogP) is 25.9. The fourth-order valence-corrected chi connectivity index (χ4v) is 18.1. The van der Waals surface area contributed by atoms with Crippen LogP contribution in [0.2, 0.25) is 0 Å². The normalized spacial score (nSPS) is 13.1. The molecule has 0 atom stereocenters. The number of fused-ring (bicyclic) bond motifs is 20. The highest BCUT2D eigenvalue weighted by Gasteiger charge is 2.54. The van der Waals surface area contributed by atoms with Crippen LogP contribution in [0.3, 0.4) is 0 Å². The quantitative estimate of drug-likeness (QED) is 0.150. The first-order valence-corrected chi connectivity index (χ1v) is 34.2. The van der Waals surface area contributed by atoms with Crippen LogP contribution in [0.25, 0.3) is 106 Å². The summed E-state index contributed by atoms with van der Waals surface area (Å²) in [5, 5.41) is 10.1. The number of hydrogen-bond donors (Lipinski definition) is 0. The van der Waals surface area contributed by atoms with Crippen molar-refractivity contribution >= 4 is 119 Å². The highest BCUT2D eigenvalue weighted by atomic mass is 32.1. The largest absolute Gasteiger partial charge is 0.310 e. The van der Waals surface area contributed by atoms with E-state index in [2.05, 4.69) is 343 Å². The average molecular weight is 1230 g/mol. The van der Waals surface area contributed by atoms with E-state index < -0.39 is 5.41 Å². The zero-order chi connectivity index (χ0) is 62.5. The van der Waals surface area contributed by atoms with Crippen molar-refractivity contribution in [3.8, 4) is 44.5 Å². The van der Waals surface area contributed by atoms with Crippen molar-refractivity contribution in [3.63, 3.8) is 0 Å². The van der Waals surface area contributed by atoms with Gasteiger partial charge in [-0.05, 0) is 190 Å². The molecule has 0 saturated carbocycles. The van der Waals surface area contributed by atoms with Gasteiger partial charge in [-0.2, -0.15) is 0 Å². The van der Waals surface area contributed by atoms with Crippen molar-refractivity contribution in [1.82, 2.24) is 0 Å². The summed E-state index contributed by atoms with van der Waals surface area (Å²) in [7, 11) is 0. The molecule has 0 bridgehead atoms. The minimum Gasteiger partial charge on any atom is -0.310 e. The van der Waals surface area contributed by atoms with Gasteiger partial charge in [-0.3, -0.25) is 0 Å². The van der Waals surface area contributed by atoms with Gasteiger partial charge in [0.25, 0.3) is 0 Å². The van der Waals surface area contributed by atoms with Gasteiger partial charge in [0.15, 0.2) is 0 Å². The van der Waals surface area contributed by atoms with Gasteiger partial charge in [0.1, 0.15) is 0 Å². The molecule has 1 spiro atoms. The van der Waals surface area contributed by atoms with Crippen molar-refractivity contribution in [2.75, 3.05) is 9.80 Å². The zero-order valence-electron chi connectivity index (χ0n) is 52.9. The third-order valence-corrected chi connectivity index (χ3v) is 22.5. The molecule has 0 amide bonds. The Morgan fingerprint density at radius 3 is 1.16 bits per heavy atom. The van der Waals surface area contributed by atoms with E-state index in [1.165, 1.54) is 145 Å². The van der Waals surface area contributed by atoms with Crippen molar-refractivity contribution in [3.05, 3.63) is 325 Å². The van der Waals surface area contributed by atoms with Gasteiger partial charge in [-0.25, -0.2) is 0 Å². The summed E-state index contributed by atoms with van der Waals surface area (Å²) in [6, 6.07) is 111. The van der Waals surface area contributed by atoms with Gasteiger partial charge in [0, 0.05) is 64.0 Å². The molecule has 4 heteroatoms. The van der Waals surface area contributed by atoms with Gasteiger partial charge in [0.2, 0.25) is 0 Å². The third kappa shape index (κ3) is 8.58. The number of benzene rings is 14. The monoisotopic (exact) mass is 1230 g/mol. The molecule has 14 aromatic carbocycles. The SMILES string of the molecule is CC(C)(C)c1ccc(N(c2ccc(-c3ccc4ccccc4c3)cc2)c2cc3c(c4c2sc2ccccc24)-c2c(cc(N(c4ccc(-c5ccc6ccccc6c5)cc4)c4ccc(C(C)(C)C)cc4)c4c2sc2ccccc24)C32c3ccccc3-c3ccccc32)cc1. The molecule has 0 unspecified atom stereocenters. The maximum absolute atomic E-state index is 2.65. The first kappa shape index (κ1) is 55.5. The molecule has 444 valence electrons. The second-order valence-corrected chi connectivity index (χ2v) is 29.7. The summed E-state index contributed by atoms with van der Waals surface area (Å²) >= 11 is 3.88. The molecule has 18 rings (SSSR count). The molecule has 0 radical (unpaired) electrons. The summed E-state index contributed by atoms with van der Waals surface area (Å²) in [5.41, 5.74) is 23.8. The molecule has 2 nitrogen and oxygen atoms in total. The van der Waals surface area contributed by atoms with Crippen LogP contribution in [0.4, 0.5) is 34.1 Å². The Morgan fingerprint density at radius 2 is 0.667 bits per heavy atom. The first-order chi connectivity index (χ1) is 45.4. The summed E-state index contributed by atoms with van der Waals surface area (Å²) in [4.78, 5) is 5.15. The molecular weight excluding hydrogens is 1160 g/mol. The second-order valence-electron chi connectivity index (χ2n) is 27.6. The molecular formula is C89H66N2S2. The topological polar surface area (TPSA) is 6.48 Å². The maximum atomic E-state index is 2.65. The number of nitrogens with zero attached hydrogens (tertiary/aromatic N) is 2. The minimum absolute atomic E-state index is 0.0256. The van der Waals surface area contributed by atoms with Gasteiger partial charge in [-0.15, -0.1) is 22.7 Å². The maximum Gasteiger partial charge on any atom is 0.0727 e. The zero-order valence-corrected chi connectivity index (χ0v) is 54.6. The number of rotatable bonds is 8. The number of thiophene rings is 2. The first-order valence-electron chi connectivity index (χ1n) is 32.5. The predicted molar refractivity (Wildman–Crippen MR) is 401 cm³/mol. The Morgan fingerprint density at radius 1 is 0.290 bits per heavy atom. The lowest BCUT2D eigenvalue weighted by Crippen LogP contribution is -2.26. The van der Waals surface area contributed by atoms with E-state index in [9.17, 15) is 0 Å². The molecule has 0 N–H and O–H groups in total. The van der Waals surface area contributed by atoms with Crippen LogP contribution < -0.4 is 9.80 Å². The van der Waals surface area contributed by atoms with Crippen LogP contribution in [-0.4, -0.2) is 0 Å². The van der Waals surface area contributed by atoms with E-state index >= 15 is 0 Å². The Hall–Kier alpha value is -10.4. The Labute approximate surface area is 551 Å². The van der Waals surface area contributed by atoms with Crippen LogP contribution >= 0.6 is 22.7 Å². The van der Waals surface area contributed by atoms with Crippen LogP contribution in [0.15, 0.2) is 291 Å². The third-order valence-electron chi connectivity index (χ3n) is 20.1. The van der Waals surface area contributed by atoms with Gasteiger partial charge in [0.05, 0.1) is 21.5 Å². The molecule has 2 aromatic heterocycles. The van der Waals surface area contributed by atoms with E-state index in [1.54, 1.807) is 0 Å². The Kier molecular flexibility index (Phi) is 12.4. The smallest absolute Gasteiger partial charge is 0.0727 e. The fourth-order valence-electron chi connectivity index (χ4n) is 15.6. The van der Waals surface area contributed by atoms with E-state index in [0.717, 1.165) is 28.4 Å². The molecule has 16 aromatic rings. The van der Waals surface area contributed by atoms with Crippen LogP contribution in [-0.2, 0) is 16.2 Å². The lowest BCUT2D eigenvalue weighted by atomic mass is 9.70. The van der Waals surface area contributed by atoms with Crippen LogP contribution in [0.5, 0.6) is 0 Å². The van der Waals surface area contributed by atoms with Gasteiger partial charge < -0.3 is 9.80 Å². The standard InChI is InChI=1S/C89H66N2S2/c1-87(2,3)63-39-47-67(48-40-63)90(65-43-35-57(36-44-65)61-33-31-55-19-7-9-21-59(55)51-61)77-53-76-84(86-81(77)71-25-13-17-29-79(71)93-86)83-75(89(76)73-27-15-11-23-69(73)70-24-12-16-28-74(70)89)54-78(85-82(83)72-26-14-18-30-80(72)92-85)91(68-49-41-64(42-50-68)88(4,5)6)66-45-37-58(38-46-66)62-34-32-56-20-8-10-22-60(56)52-62/h7-54H,1-6H3. The van der Waals surface area contributed by atoms with Crippen LogP contribution in [0.1, 0.15) is 74.9 Å². The van der Waals surface area contributed by atoms with Gasteiger partial charge in [-0.1, -0.05) is 248 Å². The van der Waals surface area contributed by atoms with Crippen LogP contribution in [0, 0.1) is 0 Å². The number of hydrogen-bond acceptors (Lipinski definition) is 4.